The predicted octanol–water partition coefficient (Wildman–Crippen LogP) is 4.79. The number of nitrogens with zero attached hydrogens (tertiary/aromatic N) is 1. The molecule has 0 spiro atoms. The van der Waals surface area contributed by atoms with Gasteiger partial charge in [0.05, 0.1) is 4.92 Å². The summed E-state index contributed by atoms with van der Waals surface area (Å²) in [6.07, 6.45) is 0. The summed E-state index contributed by atoms with van der Waals surface area (Å²) in [5, 5.41) is 13.6. The highest BCUT2D eigenvalue weighted by atomic mass is 31.2. The van der Waals surface area contributed by atoms with Crippen molar-refractivity contribution in [2.75, 3.05) is 0 Å². The smallest absolute Gasteiger partial charge is 0.405 e. The van der Waals surface area contributed by atoms with Gasteiger partial charge in [-0.15, -0.1) is 0 Å². The Morgan fingerprint density at radius 2 is 1.48 bits per heavy atom. The largest absolute Gasteiger partial charge is 0.513 e. The number of hydrogen-bond acceptors (Lipinski definition) is 5. The van der Waals surface area contributed by atoms with Crippen LogP contribution >= 0.6 is 7.75 Å². The molecule has 0 aliphatic heterocycles. The maximum atomic E-state index is 13.2. The van der Waals surface area contributed by atoms with E-state index in [4.69, 9.17) is 9.05 Å². The van der Waals surface area contributed by atoms with Crippen LogP contribution in [-0.4, -0.2) is 11.0 Å². The molecule has 0 aliphatic rings. The van der Waals surface area contributed by atoms with E-state index in [1.807, 2.05) is 26.8 Å². The van der Waals surface area contributed by atoms with Crippen molar-refractivity contribution in [3.05, 3.63) is 64.7 Å². The highest BCUT2D eigenvalue weighted by Crippen LogP contribution is 2.45. The third-order valence-corrected chi connectivity index (χ3v) is 5.23. The standard InChI is InChI=1S/C17H21N2O5P/c1-13(2)14(3)18-25(22,23-16-7-5-4-6-8-16)24-17-11-9-15(10-12-17)19(20)21/h4-14H,1-3H3,(H,18,22)/t14-,25?/m0/s1. The monoisotopic (exact) mass is 364 g/mol. The maximum absolute atomic E-state index is 13.2. The maximum Gasteiger partial charge on any atom is 0.513 e. The van der Waals surface area contributed by atoms with Crippen molar-refractivity contribution >= 4 is 13.4 Å². The molecule has 25 heavy (non-hydrogen) atoms. The molecule has 0 aliphatic carbocycles. The summed E-state index contributed by atoms with van der Waals surface area (Å²) in [4.78, 5) is 10.2. The molecule has 2 aromatic carbocycles. The summed E-state index contributed by atoms with van der Waals surface area (Å²) in [7, 11) is -3.73. The minimum Gasteiger partial charge on any atom is -0.405 e. The third kappa shape index (κ3) is 5.59. The van der Waals surface area contributed by atoms with E-state index in [1.54, 1.807) is 24.3 Å². The van der Waals surface area contributed by atoms with Crippen molar-refractivity contribution in [3.8, 4) is 11.5 Å². The zero-order valence-corrected chi connectivity index (χ0v) is 15.2. The number of hydrogen-bond donors (Lipinski definition) is 1. The van der Waals surface area contributed by atoms with E-state index < -0.39 is 12.7 Å². The molecule has 0 aromatic heterocycles. The van der Waals surface area contributed by atoms with Gasteiger partial charge in [-0.3, -0.25) is 10.1 Å². The first-order chi connectivity index (χ1) is 11.8. The second-order valence-electron chi connectivity index (χ2n) is 5.91. The Kier molecular flexibility index (Phi) is 6.17. The van der Waals surface area contributed by atoms with Crippen molar-refractivity contribution in [1.29, 1.82) is 0 Å². The van der Waals surface area contributed by atoms with Crippen LogP contribution in [0.1, 0.15) is 20.8 Å². The van der Waals surface area contributed by atoms with E-state index in [1.165, 1.54) is 24.3 Å². The fraction of sp³-hybridized carbons (Fsp3) is 0.294. The summed E-state index contributed by atoms with van der Waals surface area (Å²) in [6, 6.07) is 13.9. The van der Waals surface area contributed by atoms with Gasteiger partial charge in [0.2, 0.25) is 0 Å². The minimum atomic E-state index is -3.73. The third-order valence-electron chi connectivity index (χ3n) is 3.60. The van der Waals surface area contributed by atoms with Crippen molar-refractivity contribution in [1.82, 2.24) is 5.09 Å². The van der Waals surface area contributed by atoms with Crippen LogP contribution in [0.4, 0.5) is 5.69 Å². The Morgan fingerprint density at radius 1 is 0.960 bits per heavy atom. The van der Waals surface area contributed by atoms with Crippen LogP contribution in [0.25, 0.3) is 0 Å². The first kappa shape index (κ1) is 19.0. The van der Waals surface area contributed by atoms with Crippen molar-refractivity contribution in [2.24, 2.45) is 5.92 Å². The Hall–Kier alpha value is -2.37. The molecule has 1 unspecified atom stereocenters. The summed E-state index contributed by atoms with van der Waals surface area (Å²) < 4.78 is 24.4. The van der Waals surface area contributed by atoms with Gasteiger partial charge in [-0.2, -0.15) is 5.09 Å². The van der Waals surface area contributed by atoms with Crippen molar-refractivity contribution in [3.63, 3.8) is 0 Å². The van der Waals surface area contributed by atoms with Crippen LogP contribution in [0, 0.1) is 16.0 Å². The molecular weight excluding hydrogens is 343 g/mol. The molecule has 8 heteroatoms. The zero-order chi connectivity index (χ0) is 18.4. The lowest BCUT2D eigenvalue weighted by Gasteiger charge is -2.25. The highest BCUT2D eigenvalue weighted by Gasteiger charge is 2.31. The zero-order valence-electron chi connectivity index (χ0n) is 14.3. The average Bonchev–Trinajstić information content (AvgIpc) is 2.55. The highest BCUT2D eigenvalue weighted by molar-refractivity contribution is 7.52. The van der Waals surface area contributed by atoms with Gasteiger partial charge in [0, 0.05) is 18.2 Å². The summed E-state index contributed by atoms with van der Waals surface area (Å²) in [6.45, 7) is 5.84. The molecular formula is C17H21N2O5P. The lowest BCUT2D eigenvalue weighted by Crippen LogP contribution is -2.31. The molecule has 1 N–H and O–H groups in total. The first-order valence-electron chi connectivity index (χ1n) is 7.85. The molecule has 7 nitrogen and oxygen atoms in total. The normalized spacial score (nSPS) is 14.6. The van der Waals surface area contributed by atoms with Gasteiger partial charge in [-0.1, -0.05) is 32.0 Å². The van der Waals surface area contributed by atoms with Gasteiger partial charge in [0.1, 0.15) is 11.5 Å². The molecule has 0 heterocycles. The Morgan fingerprint density at radius 3 is 1.96 bits per heavy atom. The SMILES string of the molecule is CC(C)[C@H](C)NP(=O)(Oc1ccccc1)Oc1ccc([N+](=O)[O-])cc1. The van der Waals surface area contributed by atoms with Gasteiger partial charge in [0.15, 0.2) is 0 Å². The van der Waals surface area contributed by atoms with Crippen LogP contribution in [0.2, 0.25) is 0 Å². The molecule has 2 atom stereocenters. The summed E-state index contributed by atoms with van der Waals surface area (Å²) >= 11 is 0. The van der Waals surface area contributed by atoms with Crippen LogP contribution in [0.3, 0.4) is 0 Å². The lowest BCUT2D eigenvalue weighted by molar-refractivity contribution is -0.384. The van der Waals surface area contributed by atoms with E-state index in [9.17, 15) is 14.7 Å². The van der Waals surface area contributed by atoms with Gasteiger partial charge < -0.3 is 9.05 Å². The molecule has 0 saturated carbocycles. The Labute approximate surface area is 146 Å². The predicted molar refractivity (Wildman–Crippen MR) is 95.8 cm³/mol. The first-order valence-corrected chi connectivity index (χ1v) is 9.40. The molecule has 134 valence electrons. The minimum absolute atomic E-state index is 0.0744. The quantitative estimate of drug-likeness (QED) is 0.411. The number of para-hydroxylation sites is 1. The second-order valence-corrected chi connectivity index (χ2v) is 7.52. The van der Waals surface area contributed by atoms with Crippen LogP contribution in [0.15, 0.2) is 54.6 Å². The number of nitro benzene ring substituents is 1. The van der Waals surface area contributed by atoms with Gasteiger partial charge >= 0.3 is 7.75 Å². The molecule has 0 saturated heterocycles. The second kappa shape index (κ2) is 8.14. The van der Waals surface area contributed by atoms with E-state index in [-0.39, 0.29) is 23.4 Å². The fourth-order valence-electron chi connectivity index (χ4n) is 1.86. The van der Waals surface area contributed by atoms with E-state index in [2.05, 4.69) is 5.09 Å². The van der Waals surface area contributed by atoms with Crippen molar-refractivity contribution in [2.45, 2.75) is 26.8 Å². The molecule has 0 fully saturated rings. The molecule has 2 aromatic rings. The van der Waals surface area contributed by atoms with Gasteiger partial charge in [-0.25, -0.2) is 4.57 Å². The molecule has 0 amide bonds. The average molecular weight is 364 g/mol. The Balaban J connectivity index is 2.24. The summed E-state index contributed by atoms with van der Waals surface area (Å²) in [5.41, 5.74) is -0.0744. The molecule has 2 rings (SSSR count). The number of nitro groups is 1. The topological polar surface area (TPSA) is 90.7 Å². The Bertz CT molecular complexity index is 749. The van der Waals surface area contributed by atoms with E-state index >= 15 is 0 Å². The number of nitrogens with one attached hydrogen (secondary N) is 1. The lowest BCUT2D eigenvalue weighted by atomic mass is 10.1. The van der Waals surface area contributed by atoms with Gasteiger partial charge in [-0.05, 0) is 37.1 Å². The number of non-ortho nitro benzene ring substituents is 1. The van der Waals surface area contributed by atoms with Crippen LogP contribution in [0.5, 0.6) is 11.5 Å². The van der Waals surface area contributed by atoms with Crippen molar-refractivity contribution < 1.29 is 18.5 Å². The summed E-state index contributed by atoms with van der Waals surface area (Å²) in [5.74, 6) is 0.817. The van der Waals surface area contributed by atoms with Crippen LogP contribution < -0.4 is 14.1 Å². The van der Waals surface area contributed by atoms with Crippen LogP contribution in [-0.2, 0) is 4.57 Å². The van der Waals surface area contributed by atoms with E-state index in [0.29, 0.717) is 5.75 Å². The molecule has 0 radical (unpaired) electrons. The fourth-order valence-corrected chi connectivity index (χ4v) is 3.60. The van der Waals surface area contributed by atoms with E-state index in [0.717, 1.165) is 0 Å². The number of benzene rings is 2. The van der Waals surface area contributed by atoms with Gasteiger partial charge in [0.25, 0.3) is 5.69 Å². The molecule has 0 bridgehead atoms. The number of rotatable bonds is 8.